The van der Waals surface area contributed by atoms with Gasteiger partial charge in [0.2, 0.25) is 10.0 Å². The van der Waals surface area contributed by atoms with E-state index in [4.69, 9.17) is 4.74 Å². The number of carbonyl (C=O) groups excluding carboxylic acids is 1. The number of hydrogen-bond donors (Lipinski definition) is 2. The third-order valence-corrected chi connectivity index (χ3v) is 7.81. The van der Waals surface area contributed by atoms with E-state index in [1.54, 1.807) is 41.3 Å². The topological polar surface area (TPSA) is 91.0 Å². The predicted molar refractivity (Wildman–Crippen MR) is 175 cm³/mol. The first kappa shape index (κ1) is 32.8. The quantitative estimate of drug-likeness (QED) is 0.200. The first-order chi connectivity index (χ1) is 20.7. The number of rotatable bonds is 10. The molecule has 1 aliphatic heterocycles. The van der Waals surface area contributed by atoms with Crippen molar-refractivity contribution in [2.45, 2.75) is 32.0 Å². The van der Waals surface area contributed by atoms with Gasteiger partial charge in [-0.15, -0.1) is 12.4 Å². The normalized spacial score (nSPS) is 13.9. The van der Waals surface area contributed by atoms with E-state index < -0.39 is 10.0 Å². The van der Waals surface area contributed by atoms with Crippen LogP contribution in [0, 0.1) is 5.82 Å². The van der Waals surface area contributed by atoms with E-state index >= 15 is 0 Å². The van der Waals surface area contributed by atoms with Gasteiger partial charge >= 0.3 is 6.03 Å². The molecule has 4 aromatic carbocycles. The van der Waals surface area contributed by atoms with E-state index in [1.807, 2.05) is 54.6 Å². The van der Waals surface area contributed by atoms with Gasteiger partial charge in [-0.3, -0.25) is 14.5 Å². The number of urea groups is 1. The molecule has 0 saturated carbocycles. The third-order valence-electron chi connectivity index (χ3n) is 7.20. The first-order valence-electron chi connectivity index (χ1n) is 14.1. The Morgan fingerprint density at radius 1 is 0.864 bits per heavy atom. The summed E-state index contributed by atoms with van der Waals surface area (Å²) in [4.78, 5) is 17.4. The predicted octanol–water partition coefficient (Wildman–Crippen LogP) is 6.79. The zero-order chi connectivity index (χ0) is 30.2. The largest absolute Gasteiger partial charge is 0.457 e. The Balaban J connectivity index is 0.00000442. The second kappa shape index (κ2) is 15.1. The van der Waals surface area contributed by atoms with Crippen LogP contribution in [0.25, 0.3) is 0 Å². The molecule has 0 aromatic heterocycles. The summed E-state index contributed by atoms with van der Waals surface area (Å²) in [6, 6.07) is 30.3. The Morgan fingerprint density at radius 2 is 1.45 bits per heavy atom. The van der Waals surface area contributed by atoms with Gasteiger partial charge in [-0.05, 0) is 84.6 Å². The highest BCUT2D eigenvalue weighted by Crippen LogP contribution is 2.25. The summed E-state index contributed by atoms with van der Waals surface area (Å²) in [5.74, 6) is 0.960. The molecule has 1 aliphatic rings. The Hall–Kier alpha value is -4.12. The summed E-state index contributed by atoms with van der Waals surface area (Å²) in [6.45, 7) is 2.89. The van der Waals surface area contributed by atoms with Crippen LogP contribution in [0.5, 0.6) is 11.5 Å². The molecule has 11 heteroatoms. The fourth-order valence-corrected chi connectivity index (χ4v) is 5.58. The Bertz CT molecular complexity index is 1600. The molecule has 8 nitrogen and oxygen atoms in total. The van der Waals surface area contributed by atoms with Crippen molar-refractivity contribution in [1.82, 2.24) is 10.2 Å². The van der Waals surface area contributed by atoms with Crippen molar-refractivity contribution >= 4 is 39.8 Å². The molecule has 2 amide bonds. The van der Waals surface area contributed by atoms with Crippen LogP contribution in [0.15, 0.2) is 103 Å². The van der Waals surface area contributed by atoms with Gasteiger partial charge in [0.1, 0.15) is 17.3 Å². The van der Waals surface area contributed by atoms with Crippen molar-refractivity contribution in [2.24, 2.45) is 0 Å². The zero-order valence-corrected chi connectivity index (χ0v) is 26.0. The van der Waals surface area contributed by atoms with Crippen molar-refractivity contribution in [2.75, 3.05) is 29.0 Å². The van der Waals surface area contributed by atoms with E-state index in [0.29, 0.717) is 29.4 Å². The molecular formula is C33H36ClFN4O4S. The molecule has 0 radical (unpaired) electrons. The second-order valence-corrected chi connectivity index (χ2v) is 12.4. The molecule has 2 N–H and O–H groups in total. The molecule has 44 heavy (non-hydrogen) atoms. The second-order valence-electron chi connectivity index (χ2n) is 10.7. The molecule has 0 unspecified atom stereocenters. The number of carbonyl (C=O) groups is 1. The van der Waals surface area contributed by atoms with Crippen LogP contribution in [0.2, 0.25) is 0 Å². The number of amides is 2. The van der Waals surface area contributed by atoms with Crippen LogP contribution in [0.4, 0.5) is 20.6 Å². The fraction of sp³-hybridized carbons (Fsp3) is 0.242. The van der Waals surface area contributed by atoms with E-state index in [2.05, 4.69) is 14.9 Å². The van der Waals surface area contributed by atoms with Crippen molar-refractivity contribution < 1.29 is 22.3 Å². The summed E-state index contributed by atoms with van der Waals surface area (Å²) < 4.78 is 44.6. The molecule has 1 saturated heterocycles. The number of halogens is 2. The summed E-state index contributed by atoms with van der Waals surface area (Å²) >= 11 is 0. The summed E-state index contributed by atoms with van der Waals surface area (Å²) in [7, 11) is -3.33. The van der Waals surface area contributed by atoms with Gasteiger partial charge in [-0.25, -0.2) is 17.6 Å². The molecule has 0 atom stereocenters. The Labute approximate surface area is 264 Å². The summed E-state index contributed by atoms with van der Waals surface area (Å²) in [6.07, 6.45) is 2.77. The molecule has 0 aliphatic carbocycles. The number of nitrogens with one attached hydrogen (secondary N) is 2. The number of sulfonamides is 1. The van der Waals surface area contributed by atoms with Gasteiger partial charge in [-0.1, -0.05) is 42.5 Å². The number of piperidine rings is 1. The fourth-order valence-electron chi connectivity index (χ4n) is 5.02. The van der Waals surface area contributed by atoms with Gasteiger partial charge in [0.15, 0.2) is 0 Å². The monoisotopic (exact) mass is 638 g/mol. The molecule has 1 heterocycles. The molecule has 0 spiro atoms. The van der Waals surface area contributed by atoms with Crippen LogP contribution in [0.1, 0.15) is 24.0 Å². The molecule has 5 rings (SSSR count). The maximum Gasteiger partial charge on any atom is 0.322 e. The molecular weight excluding hydrogens is 603 g/mol. The lowest BCUT2D eigenvalue weighted by atomic mass is 10.0. The van der Waals surface area contributed by atoms with Gasteiger partial charge in [-0.2, -0.15) is 0 Å². The Kier molecular flexibility index (Phi) is 11.2. The van der Waals surface area contributed by atoms with Crippen LogP contribution >= 0.6 is 12.4 Å². The minimum atomic E-state index is -3.33. The molecule has 4 aromatic rings. The lowest BCUT2D eigenvalue weighted by molar-refractivity contribution is 0.188. The van der Waals surface area contributed by atoms with Gasteiger partial charge in [0.05, 0.1) is 12.8 Å². The van der Waals surface area contributed by atoms with Crippen LogP contribution in [-0.2, 0) is 23.1 Å². The highest BCUT2D eigenvalue weighted by Gasteiger charge is 2.24. The smallest absolute Gasteiger partial charge is 0.322 e. The maximum absolute atomic E-state index is 13.6. The van der Waals surface area contributed by atoms with E-state index in [9.17, 15) is 17.6 Å². The van der Waals surface area contributed by atoms with Crippen molar-refractivity contribution in [3.05, 3.63) is 120 Å². The first-order valence-corrected chi connectivity index (χ1v) is 16.0. The summed E-state index contributed by atoms with van der Waals surface area (Å²) in [5.41, 5.74) is 3.28. The number of benzene rings is 4. The van der Waals surface area contributed by atoms with E-state index in [1.165, 1.54) is 12.1 Å². The van der Waals surface area contributed by atoms with E-state index in [0.717, 1.165) is 49.9 Å². The molecule has 1 fully saturated rings. The SMILES string of the molecule is CS(=O)(=O)Nc1ccc(Oc2ccc(CN3CCC(NC(=O)N(Cc4ccccc4)c4ccc(F)cc4)CC3)cc2)cc1.Cl. The van der Waals surface area contributed by atoms with Crippen molar-refractivity contribution in [1.29, 1.82) is 0 Å². The van der Waals surface area contributed by atoms with Crippen molar-refractivity contribution in [3.8, 4) is 11.5 Å². The highest BCUT2D eigenvalue weighted by molar-refractivity contribution is 7.92. The van der Waals surface area contributed by atoms with Crippen LogP contribution < -0.4 is 19.7 Å². The number of anilines is 2. The minimum Gasteiger partial charge on any atom is -0.457 e. The number of hydrogen-bond acceptors (Lipinski definition) is 5. The number of likely N-dealkylation sites (tertiary alicyclic amines) is 1. The average molecular weight is 639 g/mol. The summed E-state index contributed by atoms with van der Waals surface area (Å²) in [5, 5.41) is 3.20. The minimum absolute atomic E-state index is 0. The zero-order valence-electron chi connectivity index (χ0n) is 24.4. The maximum atomic E-state index is 13.6. The van der Waals surface area contributed by atoms with Gasteiger partial charge < -0.3 is 10.1 Å². The Morgan fingerprint density at radius 3 is 2.05 bits per heavy atom. The number of nitrogens with zero attached hydrogens (tertiary/aromatic N) is 2. The van der Waals surface area contributed by atoms with E-state index in [-0.39, 0.29) is 30.3 Å². The van der Waals surface area contributed by atoms with Gasteiger partial charge in [0, 0.05) is 37.1 Å². The molecule has 232 valence electrons. The van der Waals surface area contributed by atoms with Crippen LogP contribution in [-0.4, -0.2) is 44.7 Å². The highest BCUT2D eigenvalue weighted by atomic mass is 35.5. The lowest BCUT2D eigenvalue weighted by Gasteiger charge is -2.34. The van der Waals surface area contributed by atoms with Crippen LogP contribution in [0.3, 0.4) is 0 Å². The van der Waals surface area contributed by atoms with Gasteiger partial charge in [0.25, 0.3) is 0 Å². The average Bonchev–Trinajstić information content (AvgIpc) is 2.99. The third kappa shape index (κ3) is 9.70. The molecule has 0 bridgehead atoms. The number of ether oxygens (including phenoxy) is 1. The lowest BCUT2D eigenvalue weighted by Crippen LogP contribution is -2.49. The standard InChI is InChI=1S/C33H35FN4O4S.ClH/c1-43(40,41)36-29-11-17-32(18-12-29)42-31-15-7-26(8-16-31)23-37-21-19-28(20-22-37)35-33(39)38(24-25-5-3-2-4-6-25)30-13-9-27(34)10-14-30;/h2-18,28,36H,19-24H2,1H3,(H,35,39);1H. The van der Waals surface area contributed by atoms with Crippen molar-refractivity contribution in [3.63, 3.8) is 0 Å².